The van der Waals surface area contributed by atoms with Crippen LogP contribution < -0.4 is 0 Å². The first kappa shape index (κ1) is 38.8. The second-order valence-electron chi connectivity index (χ2n) is 6.21. The molecule has 1 aromatic carbocycles. The van der Waals surface area contributed by atoms with Gasteiger partial charge in [-0.05, 0) is 12.8 Å². The number of rotatable bonds is 12. The number of aliphatic hydroxyl groups is 2. The van der Waals surface area contributed by atoms with E-state index in [-0.39, 0.29) is 111 Å². The molecule has 0 fully saturated rings. The number of aliphatic hydroxyl groups excluding tert-OH is 2. The first-order valence-electron chi connectivity index (χ1n) is 10.1. The number of carbonyl (C=O) groups excluding carboxylic acids is 1. The fourth-order valence-electron chi connectivity index (χ4n) is 2.56. The molecule has 2 atom stereocenters. The Morgan fingerprint density at radius 2 is 1.73 bits per heavy atom. The van der Waals surface area contributed by atoms with Crippen molar-refractivity contribution in [3.8, 4) is 0 Å². The van der Waals surface area contributed by atoms with Crippen LogP contribution in [0.5, 0.6) is 0 Å². The summed E-state index contributed by atoms with van der Waals surface area (Å²) in [5, 5.41) is 20.1. The molecule has 0 aliphatic heterocycles. The van der Waals surface area contributed by atoms with E-state index >= 15 is 0 Å². The van der Waals surface area contributed by atoms with E-state index in [1.165, 1.54) is 26.4 Å². The van der Waals surface area contributed by atoms with Gasteiger partial charge >= 0.3 is 5.97 Å². The molecular weight excluding hydrogens is 607 g/mol. The van der Waals surface area contributed by atoms with Crippen molar-refractivity contribution in [3.05, 3.63) is 47.9 Å². The van der Waals surface area contributed by atoms with Crippen LogP contribution in [0, 0.1) is 6.42 Å². The number of esters is 1. The Kier molecular flexibility index (Phi) is 34.6. The fourth-order valence-corrected chi connectivity index (χ4v) is 2.56. The summed E-state index contributed by atoms with van der Waals surface area (Å²) in [5.74, 6) is -0.301. The van der Waals surface area contributed by atoms with Crippen LogP contribution in [0.25, 0.3) is 6.08 Å². The summed E-state index contributed by atoms with van der Waals surface area (Å²) >= 11 is 0. The number of unbranched alkanes of at least 4 members (excludes halogenated alkanes) is 3. The standard InChI is InChI=1S/C21H31O4.C2H6.3Y/c1-3-4-5-6-10-17-11-7-8-12-18(17)15-16-20(23)19(22)13-9-14-21(24)25-2;1-2;;;/h7-8,10-12,15-16,19-20,22-23H,3-6,9,13-14H2,1-2H3;1-2H3;;;/q-1;;;;/b16-15+;;;;. The summed E-state index contributed by atoms with van der Waals surface area (Å²) in [7, 11) is 1.34. The van der Waals surface area contributed by atoms with Crippen LogP contribution in [0.15, 0.2) is 30.3 Å². The molecule has 0 saturated heterocycles. The van der Waals surface area contributed by atoms with Gasteiger partial charge in [0.2, 0.25) is 0 Å². The van der Waals surface area contributed by atoms with Gasteiger partial charge in [0, 0.05) is 105 Å². The number of carbonyl (C=O) groups is 1. The molecule has 0 bridgehead atoms. The number of hydrogen-bond acceptors (Lipinski definition) is 4. The van der Waals surface area contributed by atoms with E-state index in [4.69, 9.17) is 0 Å². The van der Waals surface area contributed by atoms with Crippen LogP contribution in [0.3, 0.4) is 0 Å². The Labute approximate surface area is 259 Å². The molecule has 0 aliphatic rings. The molecule has 30 heavy (non-hydrogen) atoms. The van der Waals surface area contributed by atoms with Gasteiger partial charge in [0.1, 0.15) is 0 Å². The second-order valence-corrected chi connectivity index (χ2v) is 6.21. The van der Waals surface area contributed by atoms with E-state index in [1.54, 1.807) is 6.08 Å². The molecule has 0 spiro atoms. The van der Waals surface area contributed by atoms with Crippen molar-refractivity contribution < 1.29 is 118 Å². The van der Waals surface area contributed by atoms with Crippen molar-refractivity contribution in [2.45, 2.75) is 77.9 Å². The monoisotopic (exact) mass is 644 g/mol. The number of hydrogen-bond donors (Lipinski definition) is 2. The van der Waals surface area contributed by atoms with Gasteiger partial charge in [-0.25, -0.2) is 0 Å². The van der Waals surface area contributed by atoms with E-state index in [0.717, 1.165) is 17.5 Å². The minimum Gasteiger partial charge on any atom is -0.469 e. The molecule has 0 aliphatic carbocycles. The van der Waals surface area contributed by atoms with Crippen LogP contribution in [-0.2, 0) is 108 Å². The number of methoxy groups -OCH3 is 1. The zero-order valence-electron chi connectivity index (χ0n) is 19.1. The molecule has 2 N–H and O–H groups in total. The first-order chi connectivity index (χ1) is 13.1. The van der Waals surface area contributed by atoms with E-state index < -0.39 is 12.2 Å². The van der Waals surface area contributed by atoms with E-state index in [2.05, 4.69) is 24.1 Å². The van der Waals surface area contributed by atoms with Crippen LogP contribution in [0.4, 0.5) is 0 Å². The van der Waals surface area contributed by atoms with Crippen LogP contribution in [0.2, 0.25) is 0 Å². The predicted molar refractivity (Wildman–Crippen MR) is 112 cm³/mol. The van der Waals surface area contributed by atoms with Crippen LogP contribution in [-0.4, -0.2) is 35.5 Å². The molecule has 3 radical (unpaired) electrons. The van der Waals surface area contributed by atoms with Gasteiger partial charge < -0.3 is 14.9 Å². The van der Waals surface area contributed by atoms with Gasteiger partial charge in [-0.3, -0.25) is 4.79 Å². The summed E-state index contributed by atoms with van der Waals surface area (Å²) in [6, 6.07) is 8.02. The zero-order chi connectivity index (χ0) is 20.5. The maximum absolute atomic E-state index is 11.1. The minimum atomic E-state index is -0.953. The molecule has 1 rings (SSSR count). The summed E-state index contributed by atoms with van der Waals surface area (Å²) in [4.78, 5) is 11.1. The van der Waals surface area contributed by atoms with Crippen molar-refractivity contribution in [2.24, 2.45) is 0 Å². The Morgan fingerprint density at radius 1 is 1.10 bits per heavy atom. The summed E-state index contributed by atoms with van der Waals surface area (Å²) < 4.78 is 4.56. The summed E-state index contributed by atoms with van der Waals surface area (Å²) in [5.41, 5.74) is 2.17. The number of benzene rings is 1. The maximum Gasteiger partial charge on any atom is 0.305 e. The van der Waals surface area contributed by atoms with Gasteiger partial charge in [-0.15, -0.1) is 23.8 Å². The quantitative estimate of drug-likeness (QED) is 0.193. The Bertz CT molecular complexity index is 539. The molecule has 2 unspecified atom stereocenters. The third-order valence-electron chi connectivity index (χ3n) is 4.14. The van der Waals surface area contributed by atoms with Gasteiger partial charge in [-0.2, -0.15) is 18.1 Å². The van der Waals surface area contributed by atoms with Crippen molar-refractivity contribution in [2.75, 3.05) is 7.11 Å². The Hall–Kier alpha value is 1.53. The SMILES string of the molecule is CC.CCCCC[CH-]c1ccccc1/C=C/C(O)C(O)CCCC(=O)OC.[Y].[Y].[Y]. The average molecular weight is 644 g/mol. The van der Waals surface area contributed by atoms with Crippen LogP contribution in [0.1, 0.15) is 76.8 Å². The van der Waals surface area contributed by atoms with Crippen LogP contribution >= 0.6 is 0 Å². The van der Waals surface area contributed by atoms with E-state index in [0.29, 0.717) is 12.8 Å². The third-order valence-corrected chi connectivity index (χ3v) is 4.14. The van der Waals surface area contributed by atoms with Crippen molar-refractivity contribution >= 4 is 12.0 Å². The molecule has 0 saturated carbocycles. The van der Waals surface area contributed by atoms with Gasteiger partial charge in [0.05, 0.1) is 19.3 Å². The molecule has 7 heteroatoms. The van der Waals surface area contributed by atoms with Crippen molar-refractivity contribution in [1.29, 1.82) is 0 Å². The molecule has 1 aromatic rings. The van der Waals surface area contributed by atoms with Gasteiger partial charge in [0.15, 0.2) is 0 Å². The Morgan fingerprint density at radius 3 is 2.33 bits per heavy atom. The third kappa shape index (κ3) is 19.0. The molecule has 4 nitrogen and oxygen atoms in total. The molecule has 163 valence electrons. The minimum absolute atomic E-state index is 0. The molecule has 0 heterocycles. The van der Waals surface area contributed by atoms with Gasteiger partial charge in [-0.1, -0.05) is 58.6 Å². The second kappa shape index (κ2) is 26.8. The van der Waals surface area contributed by atoms with Gasteiger partial charge in [0.25, 0.3) is 0 Å². The van der Waals surface area contributed by atoms with Crippen molar-refractivity contribution in [3.63, 3.8) is 0 Å². The predicted octanol–water partition coefficient (Wildman–Crippen LogP) is 4.92. The van der Waals surface area contributed by atoms with E-state index in [1.807, 2.05) is 38.1 Å². The maximum atomic E-state index is 11.1. The topological polar surface area (TPSA) is 66.8 Å². The smallest absolute Gasteiger partial charge is 0.305 e. The first-order valence-corrected chi connectivity index (χ1v) is 10.1. The fraction of sp³-hybridized carbons (Fsp3) is 0.565. The van der Waals surface area contributed by atoms with Crippen molar-refractivity contribution in [1.82, 2.24) is 0 Å². The summed E-state index contributed by atoms with van der Waals surface area (Å²) in [6.07, 6.45) is 9.57. The number of ether oxygens (including phenoxy) is 1. The Balaban J connectivity index is -0.000000655. The molecule has 0 amide bonds. The van der Waals surface area contributed by atoms with E-state index in [9.17, 15) is 15.0 Å². The molecular formula is C23H37O4Y3-. The molecule has 0 aromatic heterocycles. The average Bonchev–Trinajstić information content (AvgIpc) is 2.71. The normalized spacial score (nSPS) is 11.5. The largest absolute Gasteiger partial charge is 0.469 e. The summed E-state index contributed by atoms with van der Waals surface area (Å²) in [6.45, 7) is 6.19. The zero-order valence-corrected chi connectivity index (χ0v) is 27.6.